The SMILES string of the molecule is COC(=O)c1nc(C2CNC2)n2ccccc12. The molecule has 0 saturated carbocycles. The number of hydrogen-bond donors (Lipinski definition) is 1. The molecule has 17 heavy (non-hydrogen) atoms. The zero-order valence-electron chi connectivity index (χ0n) is 9.51. The van der Waals surface area contributed by atoms with Gasteiger partial charge in [0.25, 0.3) is 0 Å². The molecule has 1 saturated heterocycles. The lowest BCUT2D eigenvalue weighted by Gasteiger charge is -2.25. The van der Waals surface area contributed by atoms with Crippen LogP contribution in [0.15, 0.2) is 24.4 Å². The summed E-state index contributed by atoms with van der Waals surface area (Å²) < 4.78 is 6.73. The summed E-state index contributed by atoms with van der Waals surface area (Å²) in [6.45, 7) is 1.82. The lowest BCUT2D eigenvalue weighted by Crippen LogP contribution is -2.40. The molecule has 0 atom stereocenters. The molecule has 0 radical (unpaired) electrons. The first-order valence-corrected chi connectivity index (χ1v) is 5.57. The second-order valence-corrected chi connectivity index (χ2v) is 4.12. The molecule has 2 aromatic rings. The minimum atomic E-state index is -0.382. The molecule has 2 aromatic heterocycles. The van der Waals surface area contributed by atoms with E-state index in [1.165, 1.54) is 7.11 Å². The topological polar surface area (TPSA) is 55.6 Å². The van der Waals surface area contributed by atoms with E-state index in [1.54, 1.807) is 0 Å². The summed E-state index contributed by atoms with van der Waals surface area (Å²) in [6.07, 6.45) is 1.93. The number of aromatic nitrogens is 2. The van der Waals surface area contributed by atoms with Crippen LogP contribution in [0.5, 0.6) is 0 Å². The molecule has 88 valence electrons. The number of esters is 1. The summed E-state index contributed by atoms with van der Waals surface area (Å²) >= 11 is 0. The van der Waals surface area contributed by atoms with Crippen LogP contribution in [0.2, 0.25) is 0 Å². The summed E-state index contributed by atoms with van der Waals surface area (Å²) in [4.78, 5) is 16.1. The zero-order valence-corrected chi connectivity index (χ0v) is 9.51. The highest BCUT2D eigenvalue weighted by atomic mass is 16.5. The number of ether oxygens (including phenoxy) is 1. The maximum Gasteiger partial charge on any atom is 0.358 e. The Balaban J connectivity index is 2.19. The number of carbonyl (C=O) groups excluding carboxylic acids is 1. The van der Waals surface area contributed by atoms with E-state index < -0.39 is 0 Å². The highest BCUT2D eigenvalue weighted by molar-refractivity contribution is 5.95. The average Bonchev–Trinajstić information content (AvgIpc) is 2.66. The van der Waals surface area contributed by atoms with Gasteiger partial charge in [0.2, 0.25) is 0 Å². The van der Waals surface area contributed by atoms with E-state index in [2.05, 4.69) is 10.3 Å². The van der Waals surface area contributed by atoms with E-state index in [9.17, 15) is 4.79 Å². The molecule has 0 amide bonds. The molecule has 1 fully saturated rings. The molecule has 5 nitrogen and oxygen atoms in total. The average molecular weight is 231 g/mol. The van der Waals surface area contributed by atoms with Crippen LogP contribution in [0.4, 0.5) is 0 Å². The van der Waals surface area contributed by atoms with Crippen LogP contribution in [0.3, 0.4) is 0 Å². The van der Waals surface area contributed by atoms with Crippen molar-refractivity contribution < 1.29 is 9.53 Å². The van der Waals surface area contributed by atoms with E-state index in [1.807, 2.05) is 28.8 Å². The number of pyridine rings is 1. The van der Waals surface area contributed by atoms with Crippen LogP contribution >= 0.6 is 0 Å². The molecule has 0 aliphatic carbocycles. The summed E-state index contributed by atoms with van der Waals surface area (Å²) in [6, 6.07) is 5.71. The van der Waals surface area contributed by atoms with Gasteiger partial charge in [0.15, 0.2) is 5.69 Å². The third-order valence-corrected chi connectivity index (χ3v) is 3.10. The normalized spacial score (nSPS) is 15.8. The van der Waals surface area contributed by atoms with Crippen LogP contribution in [0, 0.1) is 0 Å². The van der Waals surface area contributed by atoms with Crippen molar-refractivity contribution >= 4 is 11.5 Å². The third kappa shape index (κ3) is 1.51. The van der Waals surface area contributed by atoms with Crippen molar-refractivity contribution in [1.29, 1.82) is 0 Å². The van der Waals surface area contributed by atoms with Crippen molar-refractivity contribution in [3.63, 3.8) is 0 Å². The number of imidazole rings is 1. The van der Waals surface area contributed by atoms with Gasteiger partial charge in [0, 0.05) is 25.2 Å². The van der Waals surface area contributed by atoms with Gasteiger partial charge in [-0.1, -0.05) is 6.07 Å². The smallest absolute Gasteiger partial charge is 0.358 e. The van der Waals surface area contributed by atoms with Crippen molar-refractivity contribution in [2.75, 3.05) is 20.2 Å². The van der Waals surface area contributed by atoms with Gasteiger partial charge in [-0.2, -0.15) is 0 Å². The summed E-state index contributed by atoms with van der Waals surface area (Å²) in [5.41, 5.74) is 1.20. The van der Waals surface area contributed by atoms with Crippen LogP contribution < -0.4 is 5.32 Å². The molecule has 1 aliphatic heterocycles. The Labute approximate surface area is 98.4 Å². The van der Waals surface area contributed by atoms with E-state index in [-0.39, 0.29) is 5.97 Å². The van der Waals surface area contributed by atoms with Crippen molar-refractivity contribution in [3.05, 3.63) is 35.9 Å². The number of nitrogens with one attached hydrogen (secondary N) is 1. The van der Waals surface area contributed by atoms with Crippen molar-refractivity contribution in [3.8, 4) is 0 Å². The van der Waals surface area contributed by atoms with Gasteiger partial charge in [-0.25, -0.2) is 9.78 Å². The second-order valence-electron chi connectivity index (χ2n) is 4.12. The van der Waals surface area contributed by atoms with Crippen molar-refractivity contribution in [2.45, 2.75) is 5.92 Å². The highest BCUT2D eigenvalue weighted by Crippen LogP contribution is 2.23. The fraction of sp³-hybridized carbons (Fsp3) is 0.333. The first kappa shape index (κ1) is 10.3. The molecule has 1 aliphatic rings. The van der Waals surface area contributed by atoms with Gasteiger partial charge >= 0.3 is 5.97 Å². The van der Waals surface area contributed by atoms with E-state index in [4.69, 9.17) is 4.74 Å². The predicted molar refractivity (Wildman–Crippen MR) is 62.1 cm³/mol. The Morgan fingerprint density at radius 2 is 2.35 bits per heavy atom. The maximum absolute atomic E-state index is 11.7. The molecule has 0 spiro atoms. The number of rotatable bonds is 2. The molecule has 0 unspecified atom stereocenters. The molecule has 5 heteroatoms. The molecule has 0 aromatic carbocycles. The predicted octanol–water partition coefficient (Wildman–Crippen LogP) is 0.808. The Morgan fingerprint density at radius 1 is 1.53 bits per heavy atom. The first-order valence-electron chi connectivity index (χ1n) is 5.57. The van der Waals surface area contributed by atoms with Crippen molar-refractivity contribution in [1.82, 2.24) is 14.7 Å². The van der Waals surface area contributed by atoms with Crippen LogP contribution in [-0.2, 0) is 4.74 Å². The molecular weight excluding hydrogens is 218 g/mol. The summed E-state index contributed by atoms with van der Waals surface area (Å²) in [7, 11) is 1.38. The Kier molecular flexibility index (Phi) is 2.33. The van der Waals surface area contributed by atoms with Crippen LogP contribution in [0.1, 0.15) is 22.2 Å². The minimum absolute atomic E-state index is 0.378. The van der Waals surface area contributed by atoms with Gasteiger partial charge in [0.05, 0.1) is 12.6 Å². The van der Waals surface area contributed by atoms with Crippen molar-refractivity contribution in [2.24, 2.45) is 0 Å². The van der Waals surface area contributed by atoms with Gasteiger partial charge in [-0.3, -0.25) is 0 Å². The number of fused-ring (bicyclic) bond motifs is 1. The second kappa shape index (κ2) is 3.85. The largest absolute Gasteiger partial charge is 0.464 e. The van der Waals surface area contributed by atoms with Crippen LogP contribution in [0.25, 0.3) is 5.52 Å². The molecule has 3 heterocycles. The quantitative estimate of drug-likeness (QED) is 0.777. The maximum atomic E-state index is 11.7. The molecule has 1 N–H and O–H groups in total. The Bertz CT molecular complexity index is 572. The number of methoxy groups -OCH3 is 1. The fourth-order valence-corrected chi connectivity index (χ4v) is 2.07. The van der Waals surface area contributed by atoms with Crippen LogP contribution in [-0.4, -0.2) is 35.6 Å². The van der Waals surface area contributed by atoms with E-state index >= 15 is 0 Å². The lowest BCUT2D eigenvalue weighted by atomic mass is 10.0. The third-order valence-electron chi connectivity index (χ3n) is 3.10. The lowest BCUT2D eigenvalue weighted by molar-refractivity contribution is 0.0596. The fourth-order valence-electron chi connectivity index (χ4n) is 2.07. The highest BCUT2D eigenvalue weighted by Gasteiger charge is 2.26. The molecule has 0 bridgehead atoms. The standard InChI is InChI=1S/C12H13N3O2/c1-17-12(16)10-9-4-2-3-5-15(9)11(14-10)8-6-13-7-8/h2-5,8,13H,6-7H2,1H3. The van der Waals surface area contributed by atoms with E-state index in [0.29, 0.717) is 11.6 Å². The number of nitrogens with zero attached hydrogens (tertiary/aromatic N) is 2. The summed E-state index contributed by atoms with van der Waals surface area (Å²) in [5, 5.41) is 3.21. The molecular formula is C12H13N3O2. The minimum Gasteiger partial charge on any atom is -0.464 e. The zero-order chi connectivity index (χ0) is 11.8. The first-order chi connectivity index (χ1) is 8.31. The number of carbonyl (C=O) groups is 1. The van der Waals surface area contributed by atoms with Gasteiger partial charge in [0.1, 0.15) is 5.82 Å². The number of hydrogen-bond acceptors (Lipinski definition) is 4. The van der Waals surface area contributed by atoms with Gasteiger partial charge in [-0.15, -0.1) is 0 Å². The monoisotopic (exact) mass is 231 g/mol. The Hall–Kier alpha value is -1.88. The molecule has 3 rings (SSSR count). The summed E-state index contributed by atoms with van der Waals surface area (Å²) in [5.74, 6) is 0.926. The van der Waals surface area contributed by atoms with Gasteiger partial charge < -0.3 is 14.5 Å². The van der Waals surface area contributed by atoms with E-state index in [0.717, 1.165) is 24.4 Å². The Morgan fingerprint density at radius 3 is 3.00 bits per heavy atom. The van der Waals surface area contributed by atoms with Gasteiger partial charge in [-0.05, 0) is 12.1 Å².